The van der Waals surface area contributed by atoms with Gasteiger partial charge in [0.2, 0.25) is 5.82 Å². The van der Waals surface area contributed by atoms with Crippen LogP contribution in [0.5, 0.6) is 5.75 Å². The van der Waals surface area contributed by atoms with Gasteiger partial charge in [0.15, 0.2) is 11.6 Å². The van der Waals surface area contributed by atoms with Gasteiger partial charge in [-0.05, 0) is 31.6 Å². The zero-order valence-corrected chi connectivity index (χ0v) is 10.6. The first-order valence-corrected chi connectivity index (χ1v) is 5.92. The number of benzene rings is 1. The molecular weight excluding hydrogens is 280 g/mol. The summed E-state index contributed by atoms with van der Waals surface area (Å²) in [5.74, 6) is -1.90. The first kappa shape index (κ1) is 13.4. The van der Waals surface area contributed by atoms with E-state index in [4.69, 9.17) is 4.74 Å². The van der Waals surface area contributed by atoms with Gasteiger partial charge in [-0.2, -0.15) is 4.39 Å². The SMILES string of the molecule is CCNCCCOc1cc(Br)cc(F)c1F. The highest BCUT2D eigenvalue weighted by molar-refractivity contribution is 9.10. The van der Waals surface area contributed by atoms with Crippen molar-refractivity contribution < 1.29 is 13.5 Å². The number of halogens is 3. The van der Waals surface area contributed by atoms with E-state index in [0.717, 1.165) is 25.6 Å². The van der Waals surface area contributed by atoms with Gasteiger partial charge in [-0.15, -0.1) is 0 Å². The van der Waals surface area contributed by atoms with E-state index in [1.165, 1.54) is 6.07 Å². The Morgan fingerprint density at radius 2 is 2.12 bits per heavy atom. The van der Waals surface area contributed by atoms with Crippen molar-refractivity contribution >= 4 is 15.9 Å². The van der Waals surface area contributed by atoms with E-state index >= 15 is 0 Å². The predicted molar refractivity (Wildman–Crippen MR) is 62.7 cm³/mol. The summed E-state index contributed by atoms with van der Waals surface area (Å²) in [6.07, 6.45) is 0.751. The third-order valence-electron chi connectivity index (χ3n) is 1.97. The predicted octanol–water partition coefficient (Wildman–Crippen LogP) is 3.11. The average Bonchev–Trinajstić information content (AvgIpc) is 2.24. The lowest BCUT2D eigenvalue weighted by atomic mass is 10.3. The third kappa shape index (κ3) is 4.06. The minimum absolute atomic E-state index is 0.0524. The van der Waals surface area contributed by atoms with Crippen molar-refractivity contribution in [2.45, 2.75) is 13.3 Å². The largest absolute Gasteiger partial charge is 0.490 e. The van der Waals surface area contributed by atoms with Gasteiger partial charge in [0.1, 0.15) is 0 Å². The van der Waals surface area contributed by atoms with Gasteiger partial charge in [-0.25, -0.2) is 4.39 Å². The van der Waals surface area contributed by atoms with Crippen LogP contribution in [0.4, 0.5) is 8.78 Å². The molecule has 0 atom stereocenters. The topological polar surface area (TPSA) is 21.3 Å². The summed E-state index contributed by atoms with van der Waals surface area (Å²) < 4.78 is 31.8. The van der Waals surface area contributed by atoms with Gasteiger partial charge in [-0.1, -0.05) is 22.9 Å². The Kier molecular flexibility index (Phi) is 5.69. The third-order valence-corrected chi connectivity index (χ3v) is 2.42. The van der Waals surface area contributed by atoms with E-state index in [1.54, 1.807) is 0 Å². The van der Waals surface area contributed by atoms with E-state index in [2.05, 4.69) is 21.2 Å². The van der Waals surface area contributed by atoms with E-state index in [-0.39, 0.29) is 5.75 Å². The van der Waals surface area contributed by atoms with Crippen molar-refractivity contribution in [2.24, 2.45) is 0 Å². The van der Waals surface area contributed by atoms with Crippen LogP contribution in [0.2, 0.25) is 0 Å². The minimum atomic E-state index is -0.938. The Bertz CT molecular complexity index is 347. The molecule has 0 unspecified atom stereocenters. The molecule has 0 amide bonds. The molecule has 1 aromatic carbocycles. The molecule has 1 N–H and O–H groups in total. The number of rotatable bonds is 6. The van der Waals surface area contributed by atoms with E-state index in [0.29, 0.717) is 11.1 Å². The summed E-state index contributed by atoms with van der Waals surface area (Å²) in [6, 6.07) is 2.49. The number of ether oxygens (including phenoxy) is 1. The fourth-order valence-corrected chi connectivity index (χ4v) is 1.60. The average molecular weight is 294 g/mol. The van der Waals surface area contributed by atoms with Gasteiger partial charge < -0.3 is 10.1 Å². The maximum atomic E-state index is 13.2. The number of hydrogen-bond acceptors (Lipinski definition) is 2. The van der Waals surface area contributed by atoms with Crippen LogP contribution in [-0.2, 0) is 0 Å². The molecule has 0 fully saturated rings. The lowest BCUT2D eigenvalue weighted by Crippen LogP contribution is -2.16. The Morgan fingerprint density at radius 3 is 2.81 bits per heavy atom. The molecule has 0 aliphatic carbocycles. The minimum Gasteiger partial charge on any atom is -0.490 e. The zero-order valence-electron chi connectivity index (χ0n) is 9.03. The van der Waals surface area contributed by atoms with Gasteiger partial charge in [0.05, 0.1) is 6.61 Å². The molecule has 0 radical (unpaired) electrons. The van der Waals surface area contributed by atoms with Gasteiger partial charge >= 0.3 is 0 Å². The van der Waals surface area contributed by atoms with Gasteiger partial charge in [-0.3, -0.25) is 0 Å². The molecular formula is C11H14BrF2NO. The molecule has 16 heavy (non-hydrogen) atoms. The molecule has 0 bridgehead atoms. The molecule has 0 aromatic heterocycles. The van der Waals surface area contributed by atoms with E-state index in [1.807, 2.05) is 6.92 Å². The van der Waals surface area contributed by atoms with Crippen molar-refractivity contribution in [3.63, 3.8) is 0 Å². The van der Waals surface area contributed by atoms with E-state index < -0.39 is 11.6 Å². The molecule has 0 heterocycles. The maximum absolute atomic E-state index is 13.2. The second kappa shape index (κ2) is 6.81. The monoisotopic (exact) mass is 293 g/mol. The van der Waals surface area contributed by atoms with Gasteiger partial charge in [0, 0.05) is 4.47 Å². The molecule has 0 spiro atoms. The second-order valence-corrected chi connectivity index (χ2v) is 4.17. The summed E-state index contributed by atoms with van der Waals surface area (Å²) in [7, 11) is 0. The summed E-state index contributed by atoms with van der Waals surface area (Å²) >= 11 is 3.08. The smallest absolute Gasteiger partial charge is 0.200 e. The van der Waals surface area contributed by atoms with Crippen LogP contribution in [0.3, 0.4) is 0 Å². The fourth-order valence-electron chi connectivity index (χ4n) is 1.19. The maximum Gasteiger partial charge on any atom is 0.200 e. The Balaban J connectivity index is 2.47. The molecule has 1 rings (SSSR count). The Hall–Kier alpha value is -0.680. The normalized spacial score (nSPS) is 10.5. The molecule has 0 aliphatic rings. The highest BCUT2D eigenvalue weighted by Gasteiger charge is 2.10. The van der Waals surface area contributed by atoms with Crippen LogP contribution in [0.15, 0.2) is 16.6 Å². The number of nitrogens with one attached hydrogen (secondary N) is 1. The van der Waals surface area contributed by atoms with Crippen LogP contribution in [0, 0.1) is 11.6 Å². The summed E-state index contributed by atoms with van der Waals surface area (Å²) in [5.41, 5.74) is 0. The fraction of sp³-hybridized carbons (Fsp3) is 0.455. The lowest BCUT2D eigenvalue weighted by molar-refractivity contribution is 0.288. The molecule has 0 saturated carbocycles. The molecule has 90 valence electrons. The van der Waals surface area contributed by atoms with Crippen LogP contribution in [0.1, 0.15) is 13.3 Å². The number of hydrogen-bond donors (Lipinski definition) is 1. The highest BCUT2D eigenvalue weighted by Crippen LogP contribution is 2.25. The Morgan fingerprint density at radius 1 is 1.38 bits per heavy atom. The summed E-state index contributed by atoms with van der Waals surface area (Å²) in [5, 5.41) is 3.11. The second-order valence-electron chi connectivity index (χ2n) is 3.26. The summed E-state index contributed by atoms with van der Waals surface area (Å²) in [6.45, 7) is 4.05. The molecule has 2 nitrogen and oxygen atoms in total. The van der Waals surface area contributed by atoms with Crippen molar-refractivity contribution in [3.05, 3.63) is 28.2 Å². The van der Waals surface area contributed by atoms with Crippen molar-refractivity contribution in [1.82, 2.24) is 5.32 Å². The van der Waals surface area contributed by atoms with Gasteiger partial charge in [0.25, 0.3) is 0 Å². The highest BCUT2D eigenvalue weighted by atomic mass is 79.9. The standard InChI is InChI=1S/C11H14BrF2NO/c1-2-15-4-3-5-16-10-7-8(12)6-9(13)11(10)14/h6-7,15H,2-5H2,1H3. The van der Waals surface area contributed by atoms with Crippen LogP contribution < -0.4 is 10.1 Å². The summed E-state index contributed by atoms with van der Waals surface area (Å²) in [4.78, 5) is 0. The molecule has 1 aromatic rings. The van der Waals surface area contributed by atoms with Crippen molar-refractivity contribution in [3.8, 4) is 5.75 Å². The van der Waals surface area contributed by atoms with E-state index in [9.17, 15) is 8.78 Å². The van der Waals surface area contributed by atoms with Crippen LogP contribution >= 0.6 is 15.9 Å². The van der Waals surface area contributed by atoms with Crippen molar-refractivity contribution in [2.75, 3.05) is 19.7 Å². The molecule has 0 aliphatic heterocycles. The van der Waals surface area contributed by atoms with Crippen molar-refractivity contribution in [1.29, 1.82) is 0 Å². The first-order chi connectivity index (χ1) is 7.65. The first-order valence-electron chi connectivity index (χ1n) is 5.13. The zero-order chi connectivity index (χ0) is 12.0. The lowest BCUT2D eigenvalue weighted by Gasteiger charge is -2.08. The van der Waals surface area contributed by atoms with Crippen LogP contribution in [0.25, 0.3) is 0 Å². The van der Waals surface area contributed by atoms with Crippen LogP contribution in [-0.4, -0.2) is 19.7 Å². The molecule has 5 heteroatoms. The quantitative estimate of drug-likeness (QED) is 0.643. The molecule has 0 saturated heterocycles. The Labute approximate surface area is 102 Å².